The Morgan fingerprint density at radius 1 is 1.33 bits per heavy atom. The Morgan fingerprint density at radius 2 is 2.15 bits per heavy atom. The van der Waals surface area contributed by atoms with Crippen molar-refractivity contribution in [2.45, 2.75) is 62.9 Å². The summed E-state index contributed by atoms with van der Waals surface area (Å²) in [5.41, 5.74) is 0.774. The normalized spacial score (nSPS) is 18.3. The number of thioether (sulfide) groups is 1. The van der Waals surface area contributed by atoms with Crippen LogP contribution >= 0.6 is 11.8 Å². The van der Waals surface area contributed by atoms with Crippen LogP contribution in [-0.2, 0) is 4.79 Å². The number of benzene rings is 1. The molecule has 1 aromatic carbocycles. The third-order valence-corrected chi connectivity index (χ3v) is 5.87. The first-order valence-electron chi connectivity index (χ1n) is 9.63. The van der Waals surface area contributed by atoms with Crippen molar-refractivity contribution in [1.29, 1.82) is 0 Å². The van der Waals surface area contributed by atoms with Gasteiger partial charge in [-0.3, -0.25) is 4.79 Å². The second-order valence-electron chi connectivity index (χ2n) is 6.62. The minimum Gasteiger partial charge on any atom is -0.492 e. The van der Waals surface area contributed by atoms with E-state index in [1.165, 1.54) is 18.2 Å². The molecule has 1 fully saturated rings. The first-order valence-corrected chi connectivity index (χ1v) is 10.5. The zero-order chi connectivity index (χ0) is 19.2. The topological polar surface area (TPSA) is 73.1 Å². The van der Waals surface area contributed by atoms with Gasteiger partial charge < -0.3 is 9.64 Å². The molecular formula is C19H27N5O2S. The van der Waals surface area contributed by atoms with Gasteiger partial charge in [-0.05, 0) is 62.1 Å². The molecule has 0 radical (unpaired) electrons. The van der Waals surface area contributed by atoms with Crippen LogP contribution in [0.25, 0.3) is 5.69 Å². The van der Waals surface area contributed by atoms with Gasteiger partial charge in [0.1, 0.15) is 11.4 Å². The highest BCUT2D eigenvalue weighted by Crippen LogP contribution is 2.30. The summed E-state index contributed by atoms with van der Waals surface area (Å²) in [5, 5.41) is 12.4. The van der Waals surface area contributed by atoms with Crippen molar-refractivity contribution in [3.8, 4) is 11.4 Å². The summed E-state index contributed by atoms with van der Waals surface area (Å²) in [5.74, 6) is 0.884. The molecule has 2 heterocycles. The van der Waals surface area contributed by atoms with E-state index in [4.69, 9.17) is 4.74 Å². The molecule has 1 saturated heterocycles. The molecule has 27 heavy (non-hydrogen) atoms. The average molecular weight is 390 g/mol. The molecule has 0 aliphatic carbocycles. The van der Waals surface area contributed by atoms with Gasteiger partial charge in [-0.15, -0.1) is 5.10 Å². The quantitative estimate of drug-likeness (QED) is 0.676. The van der Waals surface area contributed by atoms with Crippen molar-refractivity contribution in [3.63, 3.8) is 0 Å². The monoisotopic (exact) mass is 389 g/mol. The molecular weight excluding hydrogens is 362 g/mol. The number of carbonyl (C=O) groups excluding carboxylic acids is 1. The summed E-state index contributed by atoms with van der Waals surface area (Å²) < 4.78 is 7.34. The number of ether oxygens (including phenoxy) is 1. The molecule has 7 nitrogen and oxygen atoms in total. The number of para-hydroxylation sites is 2. The van der Waals surface area contributed by atoms with Gasteiger partial charge in [0.05, 0.1) is 11.9 Å². The van der Waals surface area contributed by atoms with Crippen LogP contribution in [0.2, 0.25) is 0 Å². The molecule has 3 rings (SSSR count). The summed E-state index contributed by atoms with van der Waals surface area (Å²) in [6.45, 7) is 7.43. The van der Waals surface area contributed by atoms with Gasteiger partial charge in [0.15, 0.2) is 0 Å². The van der Waals surface area contributed by atoms with E-state index in [0.29, 0.717) is 17.8 Å². The number of hydrogen-bond acceptors (Lipinski definition) is 6. The standard InChI is InChI=1S/C19H27N5O2S/c1-4-15-10-8-9-13-23(15)18(25)14(3)27-19-20-21-22-24(19)16-11-6-7-12-17(16)26-5-2/h6-7,11-12,14-15H,4-5,8-10,13H2,1-3H3. The number of tetrazole rings is 1. The maximum absolute atomic E-state index is 13.0. The van der Waals surface area contributed by atoms with E-state index in [9.17, 15) is 4.79 Å². The highest BCUT2D eigenvalue weighted by atomic mass is 32.2. The van der Waals surface area contributed by atoms with Gasteiger partial charge in [0.2, 0.25) is 11.1 Å². The lowest BCUT2D eigenvalue weighted by atomic mass is 10.00. The molecule has 1 aliphatic heterocycles. The van der Waals surface area contributed by atoms with Gasteiger partial charge in [-0.1, -0.05) is 30.8 Å². The van der Waals surface area contributed by atoms with Crippen LogP contribution in [0.5, 0.6) is 5.75 Å². The molecule has 1 aliphatic rings. The summed E-state index contributed by atoms with van der Waals surface area (Å²) in [6.07, 6.45) is 4.39. The highest BCUT2D eigenvalue weighted by molar-refractivity contribution is 8.00. The van der Waals surface area contributed by atoms with E-state index in [1.807, 2.05) is 43.0 Å². The van der Waals surface area contributed by atoms with Crippen LogP contribution < -0.4 is 4.74 Å². The Labute approximate surface area is 164 Å². The predicted octanol–water partition coefficient (Wildman–Crippen LogP) is 3.33. The van der Waals surface area contributed by atoms with Gasteiger partial charge in [0.25, 0.3) is 0 Å². The minimum absolute atomic E-state index is 0.166. The summed E-state index contributed by atoms with van der Waals surface area (Å²) in [6, 6.07) is 7.99. The zero-order valence-corrected chi connectivity index (χ0v) is 17.0. The van der Waals surface area contributed by atoms with E-state index in [2.05, 4.69) is 22.4 Å². The van der Waals surface area contributed by atoms with E-state index in [1.54, 1.807) is 4.68 Å². The Balaban J connectivity index is 1.77. The van der Waals surface area contributed by atoms with Crippen LogP contribution in [-0.4, -0.2) is 55.5 Å². The van der Waals surface area contributed by atoms with Crippen LogP contribution in [0.15, 0.2) is 29.4 Å². The van der Waals surface area contributed by atoms with E-state index in [-0.39, 0.29) is 11.2 Å². The van der Waals surface area contributed by atoms with Gasteiger partial charge in [-0.25, -0.2) is 0 Å². The fourth-order valence-corrected chi connectivity index (χ4v) is 4.34. The third kappa shape index (κ3) is 4.43. The zero-order valence-electron chi connectivity index (χ0n) is 16.2. The maximum atomic E-state index is 13.0. The molecule has 0 saturated carbocycles. The van der Waals surface area contributed by atoms with Crippen LogP contribution in [0.3, 0.4) is 0 Å². The molecule has 0 N–H and O–H groups in total. The molecule has 1 amide bonds. The van der Waals surface area contributed by atoms with Gasteiger partial charge in [-0.2, -0.15) is 4.68 Å². The number of likely N-dealkylation sites (tertiary alicyclic amines) is 1. The Bertz CT molecular complexity index is 766. The number of aromatic nitrogens is 4. The van der Waals surface area contributed by atoms with Crippen molar-refractivity contribution >= 4 is 17.7 Å². The lowest BCUT2D eigenvalue weighted by molar-refractivity contribution is -0.134. The molecule has 2 atom stereocenters. The van der Waals surface area contributed by atoms with Crippen molar-refractivity contribution < 1.29 is 9.53 Å². The smallest absolute Gasteiger partial charge is 0.236 e. The van der Waals surface area contributed by atoms with Crippen molar-refractivity contribution in [2.75, 3.05) is 13.2 Å². The van der Waals surface area contributed by atoms with Crippen molar-refractivity contribution in [2.24, 2.45) is 0 Å². The maximum Gasteiger partial charge on any atom is 0.236 e. The number of piperidine rings is 1. The summed E-state index contributed by atoms with van der Waals surface area (Å²) >= 11 is 1.39. The largest absolute Gasteiger partial charge is 0.492 e. The van der Waals surface area contributed by atoms with Gasteiger partial charge >= 0.3 is 0 Å². The molecule has 146 valence electrons. The predicted molar refractivity (Wildman–Crippen MR) is 105 cm³/mol. The molecule has 1 aromatic heterocycles. The van der Waals surface area contributed by atoms with Crippen LogP contribution in [0.4, 0.5) is 0 Å². The first kappa shape index (κ1) is 19.7. The molecule has 0 bridgehead atoms. The summed E-state index contributed by atoms with van der Waals surface area (Å²) in [4.78, 5) is 15.1. The Kier molecular flexibility index (Phi) is 6.71. The summed E-state index contributed by atoms with van der Waals surface area (Å²) in [7, 11) is 0. The average Bonchev–Trinajstić information content (AvgIpc) is 3.16. The minimum atomic E-state index is -0.249. The second kappa shape index (κ2) is 9.21. The number of hydrogen-bond donors (Lipinski definition) is 0. The van der Waals surface area contributed by atoms with E-state index < -0.39 is 0 Å². The number of carbonyl (C=O) groups is 1. The fourth-order valence-electron chi connectivity index (χ4n) is 3.47. The SMILES string of the molecule is CCOc1ccccc1-n1nnnc1SC(C)C(=O)N1CCCCC1CC. The highest BCUT2D eigenvalue weighted by Gasteiger charge is 2.30. The molecule has 2 unspecified atom stereocenters. The van der Waals surface area contributed by atoms with Crippen LogP contribution in [0, 0.1) is 0 Å². The van der Waals surface area contributed by atoms with E-state index >= 15 is 0 Å². The lowest BCUT2D eigenvalue weighted by Gasteiger charge is -2.36. The number of nitrogens with zero attached hydrogens (tertiary/aromatic N) is 5. The first-order chi connectivity index (χ1) is 13.2. The fraction of sp³-hybridized carbons (Fsp3) is 0.579. The molecule has 8 heteroatoms. The Morgan fingerprint density at radius 3 is 2.93 bits per heavy atom. The number of rotatable bonds is 7. The van der Waals surface area contributed by atoms with Crippen molar-refractivity contribution in [1.82, 2.24) is 25.1 Å². The lowest BCUT2D eigenvalue weighted by Crippen LogP contribution is -2.46. The number of amides is 1. The molecule has 2 aromatic rings. The van der Waals surface area contributed by atoms with E-state index in [0.717, 1.165) is 37.2 Å². The van der Waals surface area contributed by atoms with Gasteiger partial charge in [0, 0.05) is 12.6 Å². The molecule has 0 spiro atoms. The Hall–Kier alpha value is -2.09. The second-order valence-corrected chi connectivity index (χ2v) is 7.93. The van der Waals surface area contributed by atoms with Crippen LogP contribution in [0.1, 0.15) is 46.5 Å². The van der Waals surface area contributed by atoms with Crippen molar-refractivity contribution in [3.05, 3.63) is 24.3 Å². The third-order valence-electron chi connectivity index (χ3n) is 4.85.